The van der Waals surface area contributed by atoms with Crippen LogP contribution in [0, 0.1) is 0 Å². The van der Waals surface area contributed by atoms with Crippen LogP contribution in [-0.4, -0.2) is 72.8 Å². The number of rotatable bonds is 9. The normalized spacial score (nSPS) is 16.9. The molecule has 0 bridgehead atoms. The second-order valence-electron chi connectivity index (χ2n) is 6.74. The molecule has 1 atom stereocenters. The molecule has 146 valence electrons. The van der Waals surface area contributed by atoms with Crippen molar-refractivity contribution in [1.29, 1.82) is 0 Å². The number of thiophene rings is 1. The third kappa shape index (κ3) is 7.04. The molecule has 1 aliphatic rings. The van der Waals surface area contributed by atoms with Crippen molar-refractivity contribution < 1.29 is 14.6 Å². The molecule has 0 radical (unpaired) electrons. The van der Waals surface area contributed by atoms with E-state index in [9.17, 15) is 9.90 Å². The third-order valence-corrected chi connectivity index (χ3v) is 5.34. The van der Waals surface area contributed by atoms with Gasteiger partial charge in [0.1, 0.15) is 0 Å². The number of β-amino-alcohol motifs (C(OH)–C–C–N with tert-alkyl or cyclic N) is 1. The van der Waals surface area contributed by atoms with Crippen LogP contribution in [0.5, 0.6) is 0 Å². The maximum absolute atomic E-state index is 12.1. The van der Waals surface area contributed by atoms with Gasteiger partial charge in [-0.3, -0.25) is 14.6 Å². The molecule has 1 aliphatic heterocycles. The fourth-order valence-corrected chi connectivity index (χ4v) is 3.74. The van der Waals surface area contributed by atoms with E-state index in [0.29, 0.717) is 26.3 Å². The minimum Gasteiger partial charge on any atom is -0.389 e. The van der Waals surface area contributed by atoms with E-state index in [-0.39, 0.29) is 5.91 Å². The van der Waals surface area contributed by atoms with Crippen LogP contribution in [0.1, 0.15) is 4.88 Å². The summed E-state index contributed by atoms with van der Waals surface area (Å²) in [6.07, 6.45) is -0.488. The van der Waals surface area contributed by atoms with Gasteiger partial charge >= 0.3 is 0 Å². The van der Waals surface area contributed by atoms with Gasteiger partial charge in [-0.25, -0.2) is 0 Å². The lowest BCUT2D eigenvalue weighted by Gasteiger charge is -2.35. The Labute approximate surface area is 164 Å². The van der Waals surface area contributed by atoms with Crippen molar-refractivity contribution in [2.24, 2.45) is 0 Å². The summed E-state index contributed by atoms with van der Waals surface area (Å²) in [7, 11) is 0. The van der Waals surface area contributed by atoms with E-state index < -0.39 is 6.10 Å². The number of carbonyl (C=O) groups excluding carboxylic acids is 1. The Balaban J connectivity index is 1.29. The van der Waals surface area contributed by atoms with Crippen LogP contribution in [-0.2, 0) is 16.1 Å². The molecule has 0 saturated carbocycles. The van der Waals surface area contributed by atoms with E-state index in [1.807, 2.05) is 47.8 Å². The van der Waals surface area contributed by atoms with Crippen molar-refractivity contribution in [1.82, 2.24) is 9.80 Å². The molecule has 1 aromatic heterocycles. The molecule has 0 aliphatic carbocycles. The Morgan fingerprint density at radius 3 is 2.56 bits per heavy atom. The van der Waals surface area contributed by atoms with Crippen LogP contribution in [0.15, 0.2) is 47.8 Å². The molecule has 1 saturated heterocycles. The molecule has 0 spiro atoms. The average Bonchev–Trinajstić information content (AvgIpc) is 3.17. The van der Waals surface area contributed by atoms with Crippen molar-refractivity contribution in [3.63, 3.8) is 0 Å². The zero-order valence-electron chi connectivity index (χ0n) is 15.4. The number of anilines is 1. The number of hydrogen-bond donors (Lipinski definition) is 2. The summed E-state index contributed by atoms with van der Waals surface area (Å²) in [5, 5.41) is 15.1. The highest BCUT2D eigenvalue weighted by molar-refractivity contribution is 7.09. The number of hydrogen-bond acceptors (Lipinski definition) is 6. The number of piperazine rings is 1. The van der Waals surface area contributed by atoms with Crippen LogP contribution in [0.2, 0.25) is 0 Å². The Morgan fingerprint density at radius 2 is 1.85 bits per heavy atom. The Morgan fingerprint density at radius 1 is 1.11 bits per heavy atom. The minimum absolute atomic E-state index is 0.0108. The smallest absolute Gasteiger partial charge is 0.238 e. The van der Waals surface area contributed by atoms with E-state index in [1.54, 1.807) is 11.3 Å². The monoisotopic (exact) mass is 389 g/mol. The molecule has 2 aromatic rings. The zero-order valence-corrected chi connectivity index (χ0v) is 16.2. The number of nitrogens with one attached hydrogen (secondary N) is 1. The summed E-state index contributed by atoms with van der Waals surface area (Å²) in [5.41, 5.74) is 0.826. The zero-order chi connectivity index (χ0) is 18.9. The molecule has 1 fully saturated rings. The highest BCUT2D eigenvalue weighted by Gasteiger charge is 2.20. The van der Waals surface area contributed by atoms with Crippen molar-refractivity contribution in [3.05, 3.63) is 52.7 Å². The fraction of sp³-hybridized carbons (Fsp3) is 0.450. The number of amides is 1. The lowest BCUT2D eigenvalue weighted by molar-refractivity contribution is -0.117. The minimum atomic E-state index is -0.488. The molecule has 1 unspecified atom stereocenters. The molecule has 2 N–H and O–H groups in total. The van der Waals surface area contributed by atoms with Crippen LogP contribution in [0.4, 0.5) is 5.69 Å². The first-order valence-electron chi connectivity index (χ1n) is 9.27. The van der Waals surface area contributed by atoms with Crippen LogP contribution >= 0.6 is 11.3 Å². The number of para-hydroxylation sites is 1. The summed E-state index contributed by atoms with van der Waals surface area (Å²) in [5.74, 6) is 0.0108. The van der Waals surface area contributed by atoms with Crippen molar-refractivity contribution >= 4 is 22.9 Å². The molecule has 7 heteroatoms. The fourth-order valence-electron chi connectivity index (χ4n) is 3.10. The maximum atomic E-state index is 12.1. The van der Waals surface area contributed by atoms with Gasteiger partial charge in [0.2, 0.25) is 5.91 Å². The lowest BCUT2D eigenvalue weighted by Crippen LogP contribution is -2.50. The maximum Gasteiger partial charge on any atom is 0.238 e. The highest BCUT2D eigenvalue weighted by atomic mass is 32.1. The second kappa shape index (κ2) is 10.5. The number of benzene rings is 1. The highest BCUT2D eigenvalue weighted by Crippen LogP contribution is 2.10. The predicted molar refractivity (Wildman–Crippen MR) is 108 cm³/mol. The first-order valence-corrected chi connectivity index (χ1v) is 10.1. The number of carbonyl (C=O) groups is 1. The predicted octanol–water partition coefficient (Wildman–Crippen LogP) is 1.88. The summed E-state index contributed by atoms with van der Waals surface area (Å²) < 4.78 is 5.58. The summed E-state index contributed by atoms with van der Waals surface area (Å²) >= 11 is 1.66. The van der Waals surface area contributed by atoms with Gasteiger partial charge < -0.3 is 15.2 Å². The first-order chi connectivity index (χ1) is 13.2. The van der Waals surface area contributed by atoms with Crippen molar-refractivity contribution in [2.75, 3.05) is 51.2 Å². The van der Waals surface area contributed by atoms with Gasteiger partial charge in [-0.1, -0.05) is 24.3 Å². The van der Waals surface area contributed by atoms with E-state index in [1.165, 1.54) is 4.88 Å². The third-order valence-electron chi connectivity index (χ3n) is 4.49. The van der Waals surface area contributed by atoms with Gasteiger partial charge in [-0.15, -0.1) is 11.3 Å². The molecular weight excluding hydrogens is 362 g/mol. The van der Waals surface area contributed by atoms with Crippen molar-refractivity contribution in [2.45, 2.75) is 12.7 Å². The Bertz CT molecular complexity index is 673. The molecule has 2 heterocycles. The summed E-state index contributed by atoms with van der Waals surface area (Å²) in [6, 6.07) is 13.5. The van der Waals surface area contributed by atoms with E-state index in [2.05, 4.69) is 15.1 Å². The first kappa shape index (κ1) is 20.0. The van der Waals surface area contributed by atoms with Gasteiger partial charge in [-0.05, 0) is 23.6 Å². The standard InChI is InChI=1S/C20H27N3O3S/c24-18(15-26-16-19-7-4-12-27-19)13-22-8-10-23(11-9-22)14-20(25)21-17-5-2-1-3-6-17/h1-7,12,18,24H,8-11,13-16H2,(H,21,25). The Kier molecular flexibility index (Phi) is 7.79. The van der Waals surface area contributed by atoms with Crippen LogP contribution < -0.4 is 5.32 Å². The molecule has 3 rings (SSSR count). The molecule has 1 amide bonds. The number of aliphatic hydroxyl groups is 1. The topological polar surface area (TPSA) is 65.0 Å². The molecular formula is C20H27N3O3S. The largest absolute Gasteiger partial charge is 0.389 e. The summed E-state index contributed by atoms with van der Waals surface area (Å²) in [6.45, 7) is 5.25. The van der Waals surface area contributed by atoms with Crippen molar-refractivity contribution in [3.8, 4) is 0 Å². The van der Waals surface area contributed by atoms with E-state index >= 15 is 0 Å². The van der Waals surface area contributed by atoms with Gasteiger partial charge in [-0.2, -0.15) is 0 Å². The van der Waals surface area contributed by atoms with Crippen LogP contribution in [0.25, 0.3) is 0 Å². The number of nitrogens with zero attached hydrogens (tertiary/aromatic N) is 2. The number of ether oxygens (including phenoxy) is 1. The second-order valence-corrected chi connectivity index (χ2v) is 7.77. The van der Waals surface area contributed by atoms with E-state index in [4.69, 9.17) is 4.74 Å². The SMILES string of the molecule is O=C(CN1CCN(CC(O)COCc2cccs2)CC1)Nc1ccccc1. The lowest BCUT2D eigenvalue weighted by atomic mass is 10.2. The Hall–Kier alpha value is -1.77. The molecule has 27 heavy (non-hydrogen) atoms. The average molecular weight is 390 g/mol. The van der Waals surface area contributed by atoms with Crippen LogP contribution in [0.3, 0.4) is 0 Å². The van der Waals surface area contributed by atoms with Gasteiger partial charge in [0, 0.05) is 43.3 Å². The number of aliphatic hydroxyl groups excluding tert-OH is 1. The van der Waals surface area contributed by atoms with Gasteiger partial charge in [0.25, 0.3) is 0 Å². The van der Waals surface area contributed by atoms with Gasteiger partial charge in [0.15, 0.2) is 0 Å². The summed E-state index contributed by atoms with van der Waals surface area (Å²) in [4.78, 5) is 17.7. The quantitative estimate of drug-likeness (QED) is 0.686. The molecule has 1 aromatic carbocycles. The van der Waals surface area contributed by atoms with E-state index in [0.717, 1.165) is 31.9 Å². The van der Waals surface area contributed by atoms with Gasteiger partial charge in [0.05, 0.1) is 25.9 Å². The molecule has 6 nitrogen and oxygen atoms in total.